The van der Waals surface area contributed by atoms with Crippen molar-refractivity contribution in [3.05, 3.63) is 107 Å². The number of rotatable bonds is 4. The minimum Gasteiger partial charge on any atom is -0.350 e. The lowest BCUT2D eigenvalue weighted by Crippen LogP contribution is -2.49. The topological polar surface area (TPSA) is 42.0 Å². The molecule has 2 saturated heterocycles. The summed E-state index contributed by atoms with van der Waals surface area (Å²) in [5, 5.41) is 3.93. The van der Waals surface area contributed by atoms with Gasteiger partial charge in [-0.25, -0.2) is 5.01 Å². The first-order valence-corrected chi connectivity index (χ1v) is 12.5. The monoisotopic (exact) mass is 508 g/mol. The number of hydrogen-bond acceptors (Lipinski definition) is 4. The van der Waals surface area contributed by atoms with E-state index in [1.54, 1.807) is 24.3 Å². The Balaban J connectivity index is 1.48. The van der Waals surface area contributed by atoms with Crippen molar-refractivity contribution in [2.24, 2.45) is 0 Å². The Bertz CT molecular complexity index is 1260. The second kappa shape index (κ2) is 9.59. The SMILES string of the molecule is O=C(c1ccccc1)N1[C@@H](CC2OCCO2)[C@H](c2ccc(C(F)(F)F)cc2)[C@H]2c3ccccc3CCN21. The Morgan fingerprint density at radius 1 is 0.892 bits per heavy atom. The first kappa shape index (κ1) is 24.2. The first-order valence-electron chi connectivity index (χ1n) is 12.5. The van der Waals surface area contributed by atoms with Crippen LogP contribution in [0.3, 0.4) is 0 Å². The lowest BCUT2D eigenvalue weighted by molar-refractivity contribution is -0.137. The van der Waals surface area contributed by atoms with Crippen molar-refractivity contribution in [2.45, 2.75) is 43.3 Å². The van der Waals surface area contributed by atoms with Crippen LogP contribution in [-0.2, 0) is 22.1 Å². The Kier molecular flexibility index (Phi) is 6.26. The zero-order valence-corrected chi connectivity index (χ0v) is 20.1. The van der Waals surface area contributed by atoms with Gasteiger partial charge in [0.15, 0.2) is 6.29 Å². The molecular weight excluding hydrogens is 481 g/mol. The molecule has 0 bridgehead atoms. The van der Waals surface area contributed by atoms with Crippen molar-refractivity contribution in [3.63, 3.8) is 0 Å². The molecule has 3 aromatic rings. The molecule has 0 saturated carbocycles. The summed E-state index contributed by atoms with van der Waals surface area (Å²) in [7, 11) is 0. The normalized spacial score (nSPS) is 24.2. The Hall–Kier alpha value is -3.20. The molecule has 3 aliphatic heterocycles. The van der Waals surface area contributed by atoms with Gasteiger partial charge in [0.1, 0.15) is 0 Å². The average Bonchev–Trinajstić information content (AvgIpc) is 3.54. The number of alkyl halides is 3. The third-order valence-electron chi connectivity index (χ3n) is 7.63. The summed E-state index contributed by atoms with van der Waals surface area (Å²) in [5.74, 6) is -0.411. The fraction of sp³-hybridized carbons (Fsp3) is 0.345. The molecule has 8 heteroatoms. The van der Waals surface area contributed by atoms with Crippen molar-refractivity contribution in [2.75, 3.05) is 19.8 Å². The van der Waals surface area contributed by atoms with E-state index in [1.165, 1.54) is 5.56 Å². The second-order valence-electron chi connectivity index (χ2n) is 9.69. The van der Waals surface area contributed by atoms with Crippen LogP contribution in [0, 0.1) is 0 Å². The molecule has 3 heterocycles. The number of carbonyl (C=O) groups is 1. The number of ether oxygens (including phenoxy) is 2. The fourth-order valence-electron chi connectivity index (χ4n) is 6.02. The van der Waals surface area contributed by atoms with Gasteiger partial charge < -0.3 is 9.47 Å². The Morgan fingerprint density at radius 2 is 1.57 bits per heavy atom. The van der Waals surface area contributed by atoms with Crippen molar-refractivity contribution in [3.8, 4) is 0 Å². The van der Waals surface area contributed by atoms with Gasteiger partial charge in [0.2, 0.25) is 0 Å². The van der Waals surface area contributed by atoms with Gasteiger partial charge in [-0.3, -0.25) is 9.80 Å². The van der Waals surface area contributed by atoms with Crippen LogP contribution >= 0.6 is 0 Å². The van der Waals surface area contributed by atoms with Gasteiger partial charge in [-0.15, -0.1) is 0 Å². The van der Waals surface area contributed by atoms with Gasteiger partial charge in [-0.05, 0) is 47.4 Å². The number of amides is 1. The highest BCUT2D eigenvalue weighted by atomic mass is 19.4. The maximum absolute atomic E-state index is 14.0. The maximum Gasteiger partial charge on any atom is 0.416 e. The second-order valence-corrected chi connectivity index (χ2v) is 9.69. The zero-order valence-electron chi connectivity index (χ0n) is 20.1. The molecule has 37 heavy (non-hydrogen) atoms. The van der Waals surface area contributed by atoms with E-state index in [9.17, 15) is 18.0 Å². The highest BCUT2D eigenvalue weighted by Crippen LogP contribution is 2.52. The van der Waals surface area contributed by atoms with Crippen LogP contribution in [0.5, 0.6) is 0 Å². The van der Waals surface area contributed by atoms with E-state index in [2.05, 4.69) is 17.1 Å². The van der Waals surface area contributed by atoms with Crippen molar-refractivity contribution in [1.29, 1.82) is 0 Å². The molecule has 6 rings (SSSR count). The van der Waals surface area contributed by atoms with E-state index in [-0.39, 0.29) is 23.9 Å². The van der Waals surface area contributed by atoms with Crippen LogP contribution in [-0.4, -0.2) is 48.0 Å². The zero-order chi connectivity index (χ0) is 25.6. The molecule has 0 N–H and O–H groups in total. The van der Waals surface area contributed by atoms with Crippen LogP contribution < -0.4 is 0 Å². The lowest BCUT2D eigenvalue weighted by Gasteiger charge is -2.38. The summed E-state index contributed by atoms with van der Waals surface area (Å²) >= 11 is 0. The number of halogens is 3. The summed E-state index contributed by atoms with van der Waals surface area (Å²) in [5.41, 5.74) is 2.92. The third-order valence-corrected chi connectivity index (χ3v) is 7.63. The Morgan fingerprint density at radius 3 is 2.27 bits per heavy atom. The molecule has 0 radical (unpaired) electrons. The molecule has 3 atom stereocenters. The van der Waals surface area contributed by atoms with E-state index < -0.39 is 18.0 Å². The van der Waals surface area contributed by atoms with Gasteiger partial charge in [0.25, 0.3) is 5.91 Å². The van der Waals surface area contributed by atoms with Crippen LogP contribution in [0.1, 0.15) is 51.0 Å². The van der Waals surface area contributed by atoms with Crippen molar-refractivity contribution < 1.29 is 27.4 Å². The first-order chi connectivity index (χ1) is 17.9. The smallest absolute Gasteiger partial charge is 0.350 e. The quantitative estimate of drug-likeness (QED) is 0.461. The summed E-state index contributed by atoms with van der Waals surface area (Å²) < 4.78 is 51.7. The summed E-state index contributed by atoms with van der Waals surface area (Å²) in [6, 6.07) is 22.1. The molecule has 3 aliphatic rings. The fourth-order valence-corrected chi connectivity index (χ4v) is 6.02. The molecule has 3 aromatic carbocycles. The molecule has 5 nitrogen and oxygen atoms in total. The van der Waals surface area contributed by atoms with Crippen LogP contribution in [0.2, 0.25) is 0 Å². The summed E-state index contributed by atoms with van der Waals surface area (Å²) in [6.07, 6.45) is -3.71. The highest BCUT2D eigenvalue weighted by molar-refractivity contribution is 5.94. The summed E-state index contributed by atoms with van der Waals surface area (Å²) in [6.45, 7) is 1.58. The van der Waals surface area contributed by atoms with E-state index in [4.69, 9.17) is 9.47 Å². The standard InChI is InChI=1S/C29H27F3N2O3/c30-29(31,32)22-12-10-20(11-13-22)26-24(18-25-36-16-17-37-25)34(28(35)21-7-2-1-3-8-21)33-15-14-19-6-4-5-9-23(19)27(26)33/h1-13,24-27H,14-18H2/t24-,26-,27+/m0/s1. The predicted molar refractivity (Wildman–Crippen MR) is 130 cm³/mol. The molecule has 0 aromatic heterocycles. The average molecular weight is 509 g/mol. The highest BCUT2D eigenvalue weighted by Gasteiger charge is 2.53. The minimum absolute atomic E-state index is 0.137. The summed E-state index contributed by atoms with van der Waals surface area (Å²) in [4.78, 5) is 14.0. The van der Waals surface area contributed by atoms with Gasteiger partial charge in [0.05, 0.1) is 30.9 Å². The minimum atomic E-state index is -4.42. The van der Waals surface area contributed by atoms with Crippen molar-refractivity contribution in [1.82, 2.24) is 10.0 Å². The number of hydrogen-bond donors (Lipinski definition) is 0. The van der Waals surface area contributed by atoms with Crippen molar-refractivity contribution >= 4 is 5.91 Å². The number of carbonyl (C=O) groups excluding carboxylic acids is 1. The van der Waals surface area contributed by atoms with Crippen LogP contribution in [0.4, 0.5) is 13.2 Å². The molecule has 1 amide bonds. The molecule has 0 spiro atoms. The third kappa shape index (κ3) is 4.43. The molecular formula is C29H27F3N2O3. The predicted octanol–water partition coefficient (Wildman–Crippen LogP) is 5.59. The van der Waals surface area contributed by atoms with Gasteiger partial charge >= 0.3 is 6.18 Å². The molecule has 0 aliphatic carbocycles. The molecule has 2 fully saturated rings. The van der Waals surface area contributed by atoms with Crippen LogP contribution in [0.15, 0.2) is 78.9 Å². The number of hydrazine groups is 1. The Labute approximate surface area is 213 Å². The molecule has 192 valence electrons. The maximum atomic E-state index is 14.0. The van der Waals surface area contributed by atoms with E-state index >= 15 is 0 Å². The van der Waals surface area contributed by atoms with E-state index in [0.29, 0.717) is 31.7 Å². The lowest BCUT2D eigenvalue weighted by atomic mass is 9.79. The van der Waals surface area contributed by atoms with Gasteiger partial charge in [-0.2, -0.15) is 13.2 Å². The van der Waals surface area contributed by atoms with E-state index in [0.717, 1.165) is 29.7 Å². The largest absolute Gasteiger partial charge is 0.416 e. The number of benzene rings is 3. The number of fused-ring (bicyclic) bond motifs is 3. The van der Waals surface area contributed by atoms with Gasteiger partial charge in [0, 0.05) is 24.4 Å². The number of nitrogens with zero attached hydrogens (tertiary/aromatic N) is 2. The van der Waals surface area contributed by atoms with Gasteiger partial charge in [-0.1, -0.05) is 54.6 Å². The van der Waals surface area contributed by atoms with Crippen LogP contribution in [0.25, 0.3) is 0 Å². The van der Waals surface area contributed by atoms with E-state index in [1.807, 2.05) is 35.3 Å². The molecule has 0 unspecified atom stereocenters.